The lowest BCUT2D eigenvalue weighted by atomic mass is 9.99. The zero-order valence-corrected chi connectivity index (χ0v) is 22.3. The van der Waals surface area contributed by atoms with E-state index in [1.54, 1.807) is 0 Å². The molecule has 1 N–H and O–H groups in total. The summed E-state index contributed by atoms with van der Waals surface area (Å²) >= 11 is 4.08. The van der Waals surface area contributed by atoms with Crippen molar-refractivity contribution in [2.24, 2.45) is 0 Å². The van der Waals surface area contributed by atoms with Crippen molar-refractivity contribution in [3.05, 3.63) is 0 Å². The first-order valence-electron chi connectivity index (χ1n) is 11.3. The van der Waals surface area contributed by atoms with Crippen molar-refractivity contribution in [3.8, 4) is 0 Å². The molecule has 29 heavy (non-hydrogen) atoms. The molecule has 3 fully saturated rings. The molecule has 3 rings (SSSR count). The van der Waals surface area contributed by atoms with E-state index in [1.807, 2.05) is 11.8 Å². The van der Waals surface area contributed by atoms with Gasteiger partial charge in [-0.3, -0.25) is 15.1 Å². The van der Waals surface area contributed by atoms with Crippen LogP contribution in [0.2, 0.25) is 0 Å². The number of hydrogen-bond donors (Lipinski definition) is 1. The Kier molecular flexibility index (Phi) is 8.36. The minimum Gasteiger partial charge on any atom is -0.352 e. The van der Waals surface area contributed by atoms with Crippen LogP contribution in [0.5, 0.6) is 0 Å². The SMILES string of the molecule is CC(C)(C)N1CNC(CC(C)(C)N2COC(CC(C)(C)P3CCCC3)SC2)SC1. The minimum absolute atomic E-state index is 0.150. The van der Waals surface area contributed by atoms with Gasteiger partial charge in [0.15, 0.2) is 0 Å². The number of rotatable bonds is 6. The smallest absolute Gasteiger partial charge is 0.107 e. The third-order valence-electron chi connectivity index (χ3n) is 6.89. The molecule has 4 nitrogen and oxygen atoms in total. The second-order valence-corrected chi connectivity index (χ2v) is 16.6. The Morgan fingerprint density at radius 2 is 1.59 bits per heavy atom. The van der Waals surface area contributed by atoms with E-state index in [9.17, 15) is 0 Å². The summed E-state index contributed by atoms with van der Waals surface area (Å²) in [5.41, 5.74) is 0.764. The van der Waals surface area contributed by atoms with Crippen LogP contribution in [0, 0.1) is 0 Å². The fourth-order valence-corrected chi connectivity index (χ4v) is 10.6. The summed E-state index contributed by atoms with van der Waals surface area (Å²) in [5, 5.41) is 4.76. The molecule has 0 saturated carbocycles. The van der Waals surface area contributed by atoms with E-state index in [4.69, 9.17) is 4.74 Å². The molecule has 7 heteroatoms. The van der Waals surface area contributed by atoms with Crippen molar-refractivity contribution >= 4 is 31.4 Å². The highest BCUT2D eigenvalue weighted by molar-refractivity contribution is 8.00. The highest BCUT2D eigenvalue weighted by atomic mass is 32.2. The maximum Gasteiger partial charge on any atom is 0.107 e. The Bertz CT molecular complexity index is 519. The van der Waals surface area contributed by atoms with E-state index in [0.29, 0.717) is 16.0 Å². The molecular formula is C22H44N3OPS2. The fourth-order valence-electron chi connectivity index (χ4n) is 4.40. The van der Waals surface area contributed by atoms with Crippen LogP contribution in [-0.4, -0.2) is 74.3 Å². The van der Waals surface area contributed by atoms with E-state index in [1.165, 1.54) is 31.6 Å². The zero-order chi connectivity index (χ0) is 21.3. The molecule has 0 spiro atoms. The van der Waals surface area contributed by atoms with Crippen LogP contribution in [0.25, 0.3) is 0 Å². The van der Waals surface area contributed by atoms with E-state index < -0.39 is 0 Å². The quantitative estimate of drug-likeness (QED) is 0.519. The number of nitrogens with zero attached hydrogens (tertiary/aromatic N) is 2. The second kappa shape index (κ2) is 9.85. The third kappa shape index (κ3) is 6.73. The molecule has 2 unspecified atom stereocenters. The molecule has 3 aliphatic rings. The van der Waals surface area contributed by atoms with E-state index in [2.05, 4.69) is 75.3 Å². The molecule has 0 aromatic heterocycles. The van der Waals surface area contributed by atoms with Gasteiger partial charge in [0.1, 0.15) is 12.2 Å². The van der Waals surface area contributed by atoms with Crippen molar-refractivity contribution in [2.45, 2.75) is 101 Å². The standard InChI is InChI=1S/C22H44N3OPS2/c1-20(2,3)24-14-23-18(28-16-24)12-21(4,5)25-15-26-19(29-17-25)13-22(6,7)27-10-8-9-11-27/h18-19,23H,8-17H2,1-7H3. The Hall–Kier alpha value is 0.970. The molecule has 3 saturated heterocycles. The average molecular weight is 462 g/mol. The van der Waals surface area contributed by atoms with Gasteiger partial charge in [0, 0.05) is 22.8 Å². The lowest BCUT2D eigenvalue weighted by molar-refractivity contribution is -0.0416. The van der Waals surface area contributed by atoms with Gasteiger partial charge in [0.05, 0.1) is 12.0 Å². The van der Waals surface area contributed by atoms with Crippen molar-refractivity contribution < 1.29 is 4.74 Å². The van der Waals surface area contributed by atoms with Gasteiger partial charge in [-0.1, -0.05) is 13.8 Å². The van der Waals surface area contributed by atoms with Crippen LogP contribution >= 0.6 is 31.4 Å². The molecule has 0 radical (unpaired) electrons. The summed E-state index contributed by atoms with van der Waals surface area (Å²) < 4.78 is 6.39. The Morgan fingerprint density at radius 1 is 0.931 bits per heavy atom. The van der Waals surface area contributed by atoms with Gasteiger partial charge in [0.25, 0.3) is 0 Å². The average Bonchev–Trinajstić information content (AvgIpc) is 3.17. The van der Waals surface area contributed by atoms with Gasteiger partial charge < -0.3 is 4.74 Å². The number of nitrogens with one attached hydrogen (secondary N) is 1. The first-order valence-corrected chi connectivity index (χ1v) is 15.1. The third-order valence-corrected chi connectivity index (χ3v) is 12.8. The highest BCUT2D eigenvalue weighted by Gasteiger charge is 2.39. The highest BCUT2D eigenvalue weighted by Crippen LogP contribution is 2.57. The maximum absolute atomic E-state index is 6.39. The molecule has 0 aromatic carbocycles. The van der Waals surface area contributed by atoms with Crippen LogP contribution in [0.3, 0.4) is 0 Å². The maximum atomic E-state index is 6.39. The summed E-state index contributed by atoms with van der Waals surface area (Å²) in [5.74, 6) is 2.21. The van der Waals surface area contributed by atoms with Crippen LogP contribution in [0.1, 0.15) is 74.1 Å². The predicted octanol–water partition coefficient (Wildman–Crippen LogP) is 5.58. The number of ether oxygens (including phenoxy) is 1. The number of thioether (sulfide) groups is 2. The normalized spacial score (nSPS) is 29.5. The molecule has 170 valence electrons. The van der Waals surface area contributed by atoms with E-state index in [-0.39, 0.29) is 19.0 Å². The van der Waals surface area contributed by atoms with Gasteiger partial charge in [-0.25, -0.2) is 0 Å². The molecule has 2 atom stereocenters. The Morgan fingerprint density at radius 3 is 2.10 bits per heavy atom. The molecule has 0 aromatic rings. The molecule has 0 amide bonds. The minimum atomic E-state index is 0.150. The van der Waals surface area contributed by atoms with Crippen molar-refractivity contribution in [3.63, 3.8) is 0 Å². The molecular weight excluding hydrogens is 417 g/mol. The lowest BCUT2D eigenvalue weighted by Crippen LogP contribution is -2.56. The summed E-state index contributed by atoms with van der Waals surface area (Å²) in [4.78, 5) is 5.06. The molecule has 3 aliphatic heterocycles. The van der Waals surface area contributed by atoms with Crippen molar-refractivity contribution in [1.82, 2.24) is 15.1 Å². The summed E-state index contributed by atoms with van der Waals surface area (Å²) in [7, 11) is 0.207. The van der Waals surface area contributed by atoms with Crippen molar-refractivity contribution in [1.29, 1.82) is 0 Å². The van der Waals surface area contributed by atoms with Crippen LogP contribution in [-0.2, 0) is 4.74 Å². The largest absolute Gasteiger partial charge is 0.352 e. The van der Waals surface area contributed by atoms with Crippen LogP contribution < -0.4 is 5.32 Å². The van der Waals surface area contributed by atoms with E-state index in [0.717, 1.165) is 31.6 Å². The van der Waals surface area contributed by atoms with Gasteiger partial charge in [-0.15, -0.1) is 31.4 Å². The summed E-state index contributed by atoms with van der Waals surface area (Å²) in [6, 6.07) is 0. The topological polar surface area (TPSA) is 27.7 Å². The second-order valence-electron chi connectivity index (χ2n) is 11.1. The van der Waals surface area contributed by atoms with Gasteiger partial charge in [-0.05, 0) is 77.8 Å². The molecule has 0 aliphatic carbocycles. The van der Waals surface area contributed by atoms with E-state index >= 15 is 0 Å². The first kappa shape index (κ1) is 24.6. The lowest BCUT2D eigenvalue weighted by Gasteiger charge is -2.47. The van der Waals surface area contributed by atoms with Gasteiger partial charge in [0.2, 0.25) is 0 Å². The summed E-state index contributed by atoms with van der Waals surface area (Å²) in [6.07, 6.45) is 8.25. The molecule has 3 heterocycles. The summed E-state index contributed by atoms with van der Waals surface area (Å²) in [6.45, 7) is 18.4. The molecule has 0 bridgehead atoms. The fraction of sp³-hybridized carbons (Fsp3) is 1.00. The van der Waals surface area contributed by atoms with Crippen LogP contribution in [0.15, 0.2) is 0 Å². The predicted molar refractivity (Wildman–Crippen MR) is 133 cm³/mol. The van der Waals surface area contributed by atoms with Crippen molar-refractivity contribution in [2.75, 3.05) is 37.5 Å². The Labute approximate surface area is 189 Å². The number of hydrogen-bond acceptors (Lipinski definition) is 6. The zero-order valence-electron chi connectivity index (χ0n) is 19.8. The monoisotopic (exact) mass is 461 g/mol. The first-order chi connectivity index (χ1) is 13.5. The van der Waals surface area contributed by atoms with Gasteiger partial charge >= 0.3 is 0 Å². The van der Waals surface area contributed by atoms with Gasteiger partial charge in [-0.2, -0.15) is 0 Å². The Balaban J connectivity index is 1.43. The van der Waals surface area contributed by atoms with Crippen LogP contribution in [0.4, 0.5) is 0 Å².